The molecule has 0 saturated heterocycles. The van der Waals surface area contributed by atoms with E-state index >= 15 is 0 Å². The van der Waals surface area contributed by atoms with Gasteiger partial charge in [-0.3, -0.25) is 4.98 Å². The van der Waals surface area contributed by atoms with Gasteiger partial charge in [-0.15, -0.1) is 0 Å². The first kappa shape index (κ1) is 19.6. The van der Waals surface area contributed by atoms with E-state index in [4.69, 9.17) is 0 Å². The minimum Gasteiger partial charge on any atom is -0.380 e. The molecular weight excluding hydrogens is 351 g/mol. The van der Waals surface area contributed by atoms with Gasteiger partial charge in [0.2, 0.25) is 0 Å². The van der Waals surface area contributed by atoms with Gasteiger partial charge in [0.05, 0.1) is 0 Å². The number of nitrogens with zero attached hydrogens (tertiary/aromatic N) is 1. The van der Waals surface area contributed by atoms with Crippen LogP contribution < -0.4 is 0 Å². The average molecular weight is 375 g/mol. The molecule has 1 N–H and O–H groups in total. The van der Waals surface area contributed by atoms with E-state index in [2.05, 4.69) is 4.98 Å². The number of hydrogen-bond acceptors (Lipinski definition) is 2. The van der Waals surface area contributed by atoms with E-state index in [1.54, 1.807) is 13.0 Å². The lowest BCUT2D eigenvalue weighted by molar-refractivity contribution is -0.263. The van der Waals surface area contributed by atoms with E-state index in [0.29, 0.717) is 12.0 Å². The van der Waals surface area contributed by atoms with Gasteiger partial charge in [-0.05, 0) is 54.9 Å². The van der Waals surface area contributed by atoms with Crippen molar-refractivity contribution in [3.8, 4) is 0 Å². The highest BCUT2D eigenvalue weighted by Gasteiger charge is 2.54. The molecule has 1 aliphatic rings. The number of aromatic nitrogens is 1. The summed E-state index contributed by atoms with van der Waals surface area (Å²) >= 11 is 0. The van der Waals surface area contributed by atoms with E-state index in [0.717, 1.165) is 28.8 Å². The molecule has 0 saturated carbocycles. The van der Waals surface area contributed by atoms with Crippen molar-refractivity contribution in [2.75, 3.05) is 0 Å². The zero-order chi connectivity index (χ0) is 19.7. The van der Waals surface area contributed by atoms with Gasteiger partial charge in [-0.25, -0.2) is 0 Å². The van der Waals surface area contributed by atoms with Crippen LogP contribution in [0.2, 0.25) is 0 Å². The van der Waals surface area contributed by atoms with Crippen molar-refractivity contribution in [3.63, 3.8) is 0 Å². The Morgan fingerprint density at radius 3 is 2.70 bits per heavy atom. The highest BCUT2D eigenvalue weighted by molar-refractivity contribution is 5.58. The molecule has 0 bridgehead atoms. The van der Waals surface area contributed by atoms with Crippen LogP contribution in [0, 0.1) is 6.92 Å². The first-order valence-corrected chi connectivity index (χ1v) is 9.18. The quantitative estimate of drug-likeness (QED) is 0.761. The maximum Gasteiger partial charge on any atom is 0.417 e. The number of pyridine rings is 1. The molecule has 1 aromatic heterocycles. The Bertz CT molecular complexity index is 844. The Morgan fingerprint density at radius 1 is 1.22 bits per heavy atom. The second kappa shape index (κ2) is 7.47. The van der Waals surface area contributed by atoms with Crippen LogP contribution in [0.5, 0.6) is 0 Å². The molecule has 2 unspecified atom stereocenters. The molecule has 27 heavy (non-hydrogen) atoms. The Kier molecular flexibility index (Phi) is 5.43. The molecule has 2 aromatic rings. The van der Waals surface area contributed by atoms with E-state index in [-0.39, 0.29) is 6.42 Å². The first-order chi connectivity index (χ1) is 12.7. The molecule has 0 aliphatic heterocycles. The summed E-state index contributed by atoms with van der Waals surface area (Å²) in [4.78, 5) is 4.28. The topological polar surface area (TPSA) is 33.1 Å². The van der Waals surface area contributed by atoms with Crippen molar-refractivity contribution in [2.24, 2.45) is 0 Å². The Hall–Kier alpha value is -2.14. The molecule has 144 valence electrons. The minimum atomic E-state index is -4.72. The molecule has 1 aromatic carbocycles. The monoisotopic (exact) mass is 375 g/mol. The molecule has 0 radical (unpaired) electrons. The molecular formula is C22H24F3NO. The second-order valence-electron chi connectivity index (χ2n) is 7.50. The maximum atomic E-state index is 13.9. The zero-order valence-corrected chi connectivity index (χ0v) is 15.6. The van der Waals surface area contributed by atoms with Crippen molar-refractivity contribution in [3.05, 3.63) is 70.6 Å². The summed E-state index contributed by atoms with van der Waals surface area (Å²) in [6.07, 6.45) is 1.26. The van der Waals surface area contributed by atoms with Gasteiger partial charge in [-0.1, -0.05) is 48.9 Å². The predicted octanol–water partition coefficient (Wildman–Crippen LogP) is 5.38. The smallest absolute Gasteiger partial charge is 0.380 e. The van der Waals surface area contributed by atoms with Crippen LogP contribution in [-0.2, 0) is 12.8 Å². The fraction of sp³-hybridized carbons (Fsp3) is 0.409. The van der Waals surface area contributed by atoms with E-state index in [1.807, 2.05) is 43.3 Å². The lowest BCUT2D eigenvalue weighted by Crippen LogP contribution is -2.48. The third-order valence-corrected chi connectivity index (χ3v) is 5.26. The number of alkyl halides is 3. The number of aliphatic hydroxyl groups is 1. The van der Waals surface area contributed by atoms with E-state index in [9.17, 15) is 18.3 Å². The molecule has 1 aliphatic carbocycles. The van der Waals surface area contributed by atoms with Gasteiger partial charge in [0, 0.05) is 18.3 Å². The van der Waals surface area contributed by atoms with Crippen molar-refractivity contribution in [1.82, 2.24) is 4.98 Å². The van der Waals surface area contributed by atoms with Crippen LogP contribution in [0.15, 0.2) is 42.6 Å². The fourth-order valence-corrected chi connectivity index (χ4v) is 3.74. The molecule has 0 spiro atoms. The minimum absolute atomic E-state index is 0.388. The predicted molar refractivity (Wildman–Crippen MR) is 101 cm³/mol. The van der Waals surface area contributed by atoms with Gasteiger partial charge in [0.15, 0.2) is 5.60 Å². The SMILES string of the molecule is Cc1cccc(C(C)CC(O)(Cc2ccnc3c2C=CCC3)C(F)(F)F)c1. The number of halogens is 3. The average Bonchev–Trinajstić information content (AvgIpc) is 2.61. The summed E-state index contributed by atoms with van der Waals surface area (Å²) in [5, 5.41) is 10.7. The summed E-state index contributed by atoms with van der Waals surface area (Å²) < 4.78 is 41.7. The Balaban J connectivity index is 1.91. The first-order valence-electron chi connectivity index (χ1n) is 9.18. The fourth-order valence-electron chi connectivity index (χ4n) is 3.74. The van der Waals surface area contributed by atoms with Gasteiger partial charge in [0.25, 0.3) is 0 Å². The van der Waals surface area contributed by atoms with Gasteiger partial charge in [-0.2, -0.15) is 13.2 Å². The van der Waals surface area contributed by atoms with E-state index in [1.165, 1.54) is 6.20 Å². The number of fused-ring (bicyclic) bond motifs is 1. The molecule has 2 nitrogen and oxygen atoms in total. The van der Waals surface area contributed by atoms with Crippen molar-refractivity contribution in [1.29, 1.82) is 0 Å². The van der Waals surface area contributed by atoms with Gasteiger partial charge in [0.1, 0.15) is 0 Å². The van der Waals surface area contributed by atoms with Crippen LogP contribution in [0.25, 0.3) is 6.08 Å². The highest BCUT2D eigenvalue weighted by Crippen LogP contribution is 2.41. The molecule has 3 rings (SSSR count). The summed E-state index contributed by atoms with van der Waals surface area (Å²) in [5.74, 6) is -0.426. The lowest BCUT2D eigenvalue weighted by Gasteiger charge is -2.34. The molecule has 1 heterocycles. The summed E-state index contributed by atoms with van der Waals surface area (Å²) in [6.45, 7) is 3.63. The number of allylic oxidation sites excluding steroid dienone is 1. The van der Waals surface area contributed by atoms with Crippen molar-refractivity contribution >= 4 is 6.08 Å². The maximum absolute atomic E-state index is 13.9. The van der Waals surface area contributed by atoms with Crippen molar-refractivity contribution < 1.29 is 18.3 Å². The highest BCUT2D eigenvalue weighted by atomic mass is 19.4. The van der Waals surface area contributed by atoms with Crippen LogP contribution in [0.3, 0.4) is 0 Å². The normalized spacial score (nSPS) is 17.3. The Morgan fingerprint density at radius 2 is 2.00 bits per heavy atom. The molecule has 5 heteroatoms. The van der Waals surface area contributed by atoms with Crippen LogP contribution >= 0.6 is 0 Å². The third kappa shape index (κ3) is 4.24. The zero-order valence-electron chi connectivity index (χ0n) is 15.6. The summed E-state index contributed by atoms with van der Waals surface area (Å²) in [7, 11) is 0. The summed E-state index contributed by atoms with van der Waals surface area (Å²) in [6, 6.07) is 9.01. The number of benzene rings is 1. The van der Waals surface area contributed by atoms with Crippen LogP contribution in [-0.4, -0.2) is 21.9 Å². The number of aryl methyl sites for hydroxylation is 2. The summed E-state index contributed by atoms with van der Waals surface area (Å²) in [5.41, 5.74) is 1.00. The molecule has 0 fully saturated rings. The van der Waals surface area contributed by atoms with Gasteiger partial charge >= 0.3 is 6.18 Å². The third-order valence-electron chi connectivity index (χ3n) is 5.26. The van der Waals surface area contributed by atoms with E-state index < -0.39 is 24.1 Å². The number of hydrogen-bond donors (Lipinski definition) is 1. The van der Waals surface area contributed by atoms with Gasteiger partial charge < -0.3 is 5.11 Å². The van der Waals surface area contributed by atoms with Crippen molar-refractivity contribution in [2.45, 2.75) is 57.2 Å². The molecule has 0 amide bonds. The van der Waals surface area contributed by atoms with Crippen LogP contribution in [0.4, 0.5) is 13.2 Å². The Labute approximate surface area is 157 Å². The second-order valence-corrected chi connectivity index (χ2v) is 7.50. The molecule has 2 atom stereocenters. The largest absolute Gasteiger partial charge is 0.417 e. The lowest BCUT2D eigenvalue weighted by atomic mass is 9.81. The standard InChI is InChI=1S/C22H24F3NO/c1-15-6-5-7-17(12-15)16(2)13-21(27,22(23,24)25)14-18-10-11-26-20-9-4-3-8-19(18)20/h3,5-8,10-12,16,27H,4,9,13-14H2,1-2H3. The number of rotatable bonds is 5. The van der Waals surface area contributed by atoms with Crippen LogP contribution in [0.1, 0.15) is 53.6 Å².